The van der Waals surface area contributed by atoms with Gasteiger partial charge in [-0.3, -0.25) is 0 Å². The van der Waals surface area contributed by atoms with E-state index in [0.717, 1.165) is 29.3 Å². The minimum absolute atomic E-state index is 0.220. The van der Waals surface area contributed by atoms with Gasteiger partial charge in [0.15, 0.2) is 0 Å². The predicted octanol–water partition coefficient (Wildman–Crippen LogP) is 3.91. The molecule has 0 fully saturated rings. The van der Waals surface area contributed by atoms with Crippen LogP contribution in [0.2, 0.25) is 0 Å². The first-order valence-electron chi connectivity index (χ1n) is 6.10. The molecule has 2 nitrogen and oxygen atoms in total. The number of rotatable bonds is 4. The fourth-order valence-corrected chi connectivity index (χ4v) is 2.65. The van der Waals surface area contributed by atoms with Crippen molar-refractivity contribution in [2.75, 3.05) is 0 Å². The van der Waals surface area contributed by atoms with E-state index in [2.05, 4.69) is 40.3 Å². The number of aromatic hydroxyl groups is 1. The molecule has 0 saturated heterocycles. The maximum Gasteiger partial charge on any atom is 0.120 e. The SMILES string of the molecule is CCC(NC1CC=CC1)c1cc(Br)ccc1O. The second-order valence-electron chi connectivity index (χ2n) is 4.47. The van der Waals surface area contributed by atoms with Crippen molar-refractivity contribution < 1.29 is 5.11 Å². The van der Waals surface area contributed by atoms with Crippen molar-refractivity contribution in [2.45, 2.75) is 38.3 Å². The van der Waals surface area contributed by atoms with Crippen LogP contribution in [0.25, 0.3) is 0 Å². The van der Waals surface area contributed by atoms with E-state index in [-0.39, 0.29) is 6.04 Å². The van der Waals surface area contributed by atoms with Gasteiger partial charge in [-0.2, -0.15) is 0 Å². The van der Waals surface area contributed by atoms with Crippen LogP contribution in [0.3, 0.4) is 0 Å². The van der Waals surface area contributed by atoms with E-state index < -0.39 is 0 Å². The Hall–Kier alpha value is -0.800. The van der Waals surface area contributed by atoms with E-state index in [1.54, 1.807) is 6.07 Å². The molecule has 0 aliphatic heterocycles. The number of hydrogen-bond donors (Lipinski definition) is 2. The van der Waals surface area contributed by atoms with Gasteiger partial charge in [-0.15, -0.1) is 0 Å². The molecule has 1 unspecified atom stereocenters. The van der Waals surface area contributed by atoms with Crippen molar-refractivity contribution in [1.29, 1.82) is 0 Å². The van der Waals surface area contributed by atoms with Crippen molar-refractivity contribution in [3.63, 3.8) is 0 Å². The van der Waals surface area contributed by atoms with Gasteiger partial charge < -0.3 is 10.4 Å². The van der Waals surface area contributed by atoms with E-state index in [0.29, 0.717) is 11.8 Å². The molecule has 0 saturated carbocycles. The Bertz CT molecular complexity index is 409. The number of benzene rings is 1. The highest BCUT2D eigenvalue weighted by Crippen LogP contribution is 2.30. The van der Waals surface area contributed by atoms with E-state index >= 15 is 0 Å². The summed E-state index contributed by atoms with van der Waals surface area (Å²) in [4.78, 5) is 0. The van der Waals surface area contributed by atoms with Crippen LogP contribution in [-0.2, 0) is 0 Å². The van der Waals surface area contributed by atoms with Crippen molar-refractivity contribution >= 4 is 15.9 Å². The van der Waals surface area contributed by atoms with Gasteiger partial charge >= 0.3 is 0 Å². The van der Waals surface area contributed by atoms with Crippen LogP contribution in [-0.4, -0.2) is 11.1 Å². The molecule has 1 aliphatic rings. The summed E-state index contributed by atoms with van der Waals surface area (Å²) < 4.78 is 1.01. The predicted molar refractivity (Wildman–Crippen MR) is 74.1 cm³/mol. The monoisotopic (exact) mass is 295 g/mol. The Morgan fingerprint density at radius 1 is 1.41 bits per heavy atom. The lowest BCUT2D eigenvalue weighted by molar-refractivity contribution is 0.410. The average Bonchev–Trinajstić information content (AvgIpc) is 2.82. The number of hydrogen-bond acceptors (Lipinski definition) is 2. The van der Waals surface area contributed by atoms with Gasteiger partial charge in [0, 0.05) is 22.1 Å². The van der Waals surface area contributed by atoms with E-state index in [4.69, 9.17) is 0 Å². The fraction of sp³-hybridized carbons (Fsp3) is 0.429. The minimum Gasteiger partial charge on any atom is -0.508 e. The number of phenolic OH excluding ortho intramolecular Hbond substituents is 1. The molecule has 0 bridgehead atoms. The summed E-state index contributed by atoms with van der Waals surface area (Å²) in [5.74, 6) is 0.374. The van der Waals surface area contributed by atoms with Crippen LogP contribution >= 0.6 is 15.9 Å². The van der Waals surface area contributed by atoms with Crippen LogP contribution in [0, 0.1) is 0 Å². The van der Waals surface area contributed by atoms with E-state index in [9.17, 15) is 5.11 Å². The lowest BCUT2D eigenvalue weighted by Gasteiger charge is -2.23. The molecular formula is C14H18BrNO. The lowest BCUT2D eigenvalue weighted by Crippen LogP contribution is -2.30. The highest BCUT2D eigenvalue weighted by Gasteiger charge is 2.18. The zero-order chi connectivity index (χ0) is 12.3. The molecule has 0 heterocycles. The molecule has 2 N–H and O–H groups in total. The van der Waals surface area contributed by atoms with Crippen LogP contribution in [0.15, 0.2) is 34.8 Å². The van der Waals surface area contributed by atoms with Gasteiger partial charge in [0.1, 0.15) is 5.75 Å². The first-order valence-corrected chi connectivity index (χ1v) is 6.89. The quantitative estimate of drug-likeness (QED) is 0.826. The smallest absolute Gasteiger partial charge is 0.120 e. The summed E-state index contributed by atoms with van der Waals surface area (Å²) >= 11 is 3.46. The van der Waals surface area contributed by atoms with Gasteiger partial charge in [0.2, 0.25) is 0 Å². The molecule has 1 aliphatic carbocycles. The Morgan fingerprint density at radius 2 is 2.12 bits per heavy atom. The minimum atomic E-state index is 0.220. The highest BCUT2D eigenvalue weighted by atomic mass is 79.9. The Kier molecular flexibility index (Phi) is 4.24. The molecule has 92 valence electrons. The first-order chi connectivity index (χ1) is 8.20. The molecule has 1 aromatic rings. The topological polar surface area (TPSA) is 32.3 Å². The highest BCUT2D eigenvalue weighted by molar-refractivity contribution is 9.10. The molecule has 2 rings (SSSR count). The van der Waals surface area contributed by atoms with Gasteiger partial charge in [-0.05, 0) is 37.5 Å². The standard InChI is InChI=1S/C14H18BrNO/c1-2-13(16-11-5-3-4-6-11)12-9-10(15)7-8-14(12)17/h3-4,7-9,11,13,16-17H,2,5-6H2,1H3. The molecule has 0 amide bonds. The maximum atomic E-state index is 9.93. The van der Waals surface area contributed by atoms with Gasteiger partial charge in [0.25, 0.3) is 0 Å². The summed E-state index contributed by atoms with van der Waals surface area (Å²) in [5.41, 5.74) is 0.980. The van der Waals surface area contributed by atoms with Crippen molar-refractivity contribution in [3.8, 4) is 5.75 Å². The third-order valence-electron chi connectivity index (χ3n) is 3.22. The molecule has 3 heteroatoms. The fourth-order valence-electron chi connectivity index (χ4n) is 2.27. The third-order valence-corrected chi connectivity index (χ3v) is 3.71. The summed E-state index contributed by atoms with van der Waals surface area (Å²) in [6.45, 7) is 2.14. The van der Waals surface area contributed by atoms with Crippen LogP contribution in [0.5, 0.6) is 5.75 Å². The Balaban J connectivity index is 2.13. The molecule has 17 heavy (non-hydrogen) atoms. The lowest BCUT2D eigenvalue weighted by atomic mass is 10.0. The second kappa shape index (κ2) is 5.69. The van der Waals surface area contributed by atoms with Crippen LogP contribution < -0.4 is 5.32 Å². The molecule has 0 radical (unpaired) electrons. The molecule has 0 aromatic heterocycles. The zero-order valence-corrected chi connectivity index (χ0v) is 11.6. The van der Waals surface area contributed by atoms with E-state index in [1.165, 1.54) is 0 Å². The Morgan fingerprint density at radius 3 is 2.76 bits per heavy atom. The normalized spacial score (nSPS) is 17.5. The van der Waals surface area contributed by atoms with Crippen molar-refractivity contribution in [1.82, 2.24) is 5.32 Å². The van der Waals surface area contributed by atoms with Crippen LogP contribution in [0.1, 0.15) is 37.8 Å². The zero-order valence-electron chi connectivity index (χ0n) is 9.99. The van der Waals surface area contributed by atoms with Crippen LogP contribution in [0.4, 0.5) is 0 Å². The molecule has 1 atom stereocenters. The average molecular weight is 296 g/mol. The molecule has 0 spiro atoms. The van der Waals surface area contributed by atoms with Gasteiger partial charge in [0.05, 0.1) is 0 Å². The second-order valence-corrected chi connectivity index (χ2v) is 5.39. The number of halogens is 1. The van der Waals surface area contributed by atoms with E-state index in [1.807, 2.05) is 12.1 Å². The molecule has 1 aromatic carbocycles. The number of nitrogens with one attached hydrogen (secondary N) is 1. The summed E-state index contributed by atoms with van der Waals surface area (Å²) in [7, 11) is 0. The van der Waals surface area contributed by atoms with Gasteiger partial charge in [-0.1, -0.05) is 35.0 Å². The largest absolute Gasteiger partial charge is 0.508 e. The Labute approximate surface area is 111 Å². The molecular weight excluding hydrogens is 278 g/mol. The maximum absolute atomic E-state index is 9.93. The first kappa shape index (κ1) is 12.7. The van der Waals surface area contributed by atoms with Crippen molar-refractivity contribution in [3.05, 3.63) is 40.4 Å². The third kappa shape index (κ3) is 3.11. The summed E-state index contributed by atoms with van der Waals surface area (Å²) in [6, 6.07) is 6.34. The van der Waals surface area contributed by atoms with Gasteiger partial charge in [-0.25, -0.2) is 0 Å². The number of phenols is 1. The summed E-state index contributed by atoms with van der Waals surface area (Å²) in [6.07, 6.45) is 7.58. The van der Waals surface area contributed by atoms with Crippen molar-refractivity contribution in [2.24, 2.45) is 0 Å². The summed E-state index contributed by atoms with van der Waals surface area (Å²) in [5, 5.41) is 13.5.